The molecule has 0 radical (unpaired) electrons. The molecule has 1 aliphatic rings. The molecule has 0 saturated carbocycles. The predicted octanol–water partition coefficient (Wildman–Crippen LogP) is 4.58. The minimum Gasteiger partial charge on any atom is -0.309 e. The van der Waals surface area contributed by atoms with Crippen molar-refractivity contribution in [1.82, 2.24) is 5.32 Å². The van der Waals surface area contributed by atoms with E-state index < -0.39 is 0 Å². The summed E-state index contributed by atoms with van der Waals surface area (Å²) in [6, 6.07) is 7.39. The van der Waals surface area contributed by atoms with Gasteiger partial charge in [0.2, 0.25) is 0 Å². The number of hydrogen-bond acceptors (Lipinski definition) is 3. The van der Waals surface area contributed by atoms with E-state index in [1.54, 1.807) is 15.3 Å². The van der Waals surface area contributed by atoms with Crippen molar-refractivity contribution in [3.05, 3.63) is 43.8 Å². The molecule has 0 aromatic carbocycles. The van der Waals surface area contributed by atoms with Gasteiger partial charge in [-0.25, -0.2) is 0 Å². The summed E-state index contributed by atoms with van der Waals surface area (Å²) in [6.45, 7) is 3.35. The van der Waals surface area contributed by atoms with E-state index in [2.05, 4.69) is 35.8 Å². The molecule has 0 aliphatic heterocycles. The zero-order valence-electron chi connectivity index (χ0n) is 11.4. The highest BCUT2D eigenvalue weighted by atomic mass is 32.1. The molecule has 2 heterocycles. The van der Waals surface area contributed by atoms with E-state index in [0.717, 1.165) is 13.0 Å². The highest BCUT2D eigenvalue weighted by Crippen LogP contribution is 2.35. The number of rotatable bonds is 6. The summed E-state index contributed by atoms with van der Waals surface area (Å²) in [5, 5.41) is 5.91. The van der Waals surface area contributed by atoms with Crippen LogP contribution in [0.3, 0.4) is 0 Å². The van der Waals surface area contributed by atoms with Crippen molar-refractivity contribution in [3.63, 3.8) is 0 Å². The molecule has 1 nitrogen and oxygen atoms in total. The van der Waals surface area contributed by atoms with Crippen molar-refractivity contribution in [3.8, 4) is 0 Å². The second kappa shape index (κ2) is 6.21. The molecule has 1 N–H and O–H groups in total. The number of hydrogen-bond donors (Lipinski definition) is 1. The first kappa shape index (κ1) is 13.3. The first-order valence-electron chi connectivity index (χ1n) is 7.24. The van der Waals surface area contributed by atoms with Crippen LogP contribution in [0.2, 0.25) is 0 Å². The lowest BCUT2D eigenvalue weighted by Gasteiger charge is -2.16. The molecule has 0 spiro atoms. The molecule has 3 rings (SSSR count). The first-order chi connectivity index (χ1) is 9.36. The van der Waals surface area contributed by atoms with Gasteiger partial charge >= 0.3 is 0 Å². The number of fused-ring (bicyclic) bond motifs is 1. The smallest absolute Gasteiger partial charge is 0.0463 e. The van der Waals surface area contributed by atoms with Crippen LogP contribution in [0.15, 0.2) is 23.6 Å². The molecule has 19 heavy (non-hydrogen) atoms. The van der Waals surface area contributed by atoms with Gasteiger partial charge in [0.1, 0.15) is 0 Å². The van der Waals surface area contributed by atoms with Crippen LogP contribution in [0, 0.1) is 0 Å². The average Bonchev–Trinajstić information content (AvgIpc) is 3.09. The van der Waals surface area contributed by atoms with Gasteiger partial charge in [0.05, 0.1) is 0 Å². The molecule has 2 aromatic rings. The third-order valence-corrected chi connectivity index (χ3v) is 5.98. The van der Waals surface area contributed by atoms with Gasteiger partial charge in [-0.2, -0.15) is 0 Å². The van der Waals surface area contributed by atoms with Crippen molar-refractivity contribution in [2.45, 2.75) is 45.1 Å². The van der Waals surface area contributed by atoms with Crippen molar-refractivity contribution in [1.29, 1.82) is 0 Å². The monoisotopic (exact) mass is 291 g/mol. The average molecular weight is 291 g/mol. The number of thiophene rings is 2. The Morgan fingerprint density at radius 1 is 1.37 bits per heavy atom. The van der Waals surface area contributed by atoms with Gasteiger partial charge in [0, 0.05) is 27.1 Å². The van der Waals surface area contributed by atoms with Gasteiger partial charge in [0.15, 0.2) is 0 Å². The molecule has 102 valence electrons. The van der Waals surface area contributed by atoms with Gasteiger partial charge in [0.25, 0.3) is 0 Å². The van der Waals surface area contributed by atoms with Crippen molar-refractivity contribution < 1.29 is 0 Å². The maximum atomic E-state index is 3.73. The predicted molar refractivity (Wildman–Crippen MR) is 85.4 cm³/mol. The largest absolute Gasteiger partial charge is 0.309 e. The Morgan fingerprint density at radius 2 is 2.32 bits per heavy atom. The standard InChI is InChI=1S/C16H21NS2/c1-2-8-17-14(11-13-6-4-9-18-13)16-10-12-5-3-7-15(12)19-16/h4,6,9-10,14,17H,2-3,5,7-8,11H2,1H3. The van der Waals surface area contributed by atoms with E-state index in [1.165, 1.54) is 30.6 Å². The number of aryl methyl sites for hydroxylation is 2. The fourth-order valence-electron chi connectivity index (χ4n) is 2.75. The Labute approximate surface area is 123 Å². The molecule has 1 aliphatic carbocycles. The molecular weight excluding hydrogens is 270 g/mol. The zero-order chi connectivity index (χ0) is 13.1. The lowest BCUT2D eigenvalue weighted by Crippen LogP contribution is -2.23. The summed E-state index contributed by atoms with van der Waals surface area (Å²) >= 11 is 3.92. The van der Waals surface area contributed by atoms with Crippen LogP contribution in [0.1, 0.15) is 46.0 Å². The fourth-order valence-corrected chi connectivity index (χ4v) is 4.83. The Balaban J connectivity index is 1.77. The van der Waals surface area contributed by atoms with Crippen LogP contribution in [-0.2, 0) is 19.3 Å². The van der Waals surface area contributed by atoms with Crippen molar-refractivity contribution >= 4 is 22.7 Å². The van der Waals surface area contributed by atoms with Gasteiger partial charge in [-0.1, -0.05) is 13.0 Å². The summed E-state index contributed by atoms with van der Waals surface area (Å²) in [7, 11) is 0. The fraction of sp³-hybridized carbons (Fsp3) is 0.500. The highest BCUT2D eigenvalue weighted by molar-refractivity contribution is 7.12. The Bertz CT molecular complexity index is 491. The SMILES string of the molecule is CCCNC(Cc1cccs1)c1cc2c(s1)CCC2. The van der Waals surface area contributed by atoms with Crippen molar-refractivity contribution in [2.24, 2.45) is 0 Å². The van der Waals surface area contributed by atoms with E-state index in [1.807, 2.05) is 22.7 Å². The third kappa shape index (κ3) is 3.10. The summed E-state index contributed by atoms with van der Waals surface area (Å²) in [5.74, 6) is 0. The molecule has 1 unspecified atom stereocenters. The summed E-state index contributed by atoms with van der Waals surface area (Å²) < 4.78 is 0. The van der Waals surface area contributed by atoms with Gasteiger partial charge < -0.3 is 5.32 Å². The number of nitrogens with one attached hydrogen (secondary N) is 1. The second-order valence-corrected chi connectivity index (χ2v) is 7.44. The second-order valence-electron chi connectivity index (χ2n) is 5.24. The lowest BCUT2D eigenvalue weighted by molar-refractivity contribution is 0.539. The molecule has 0 amide bonds. The minimum atomic E-state index is 0.509. The highest BCUT2D eigenvalue weighted by Gasteiger charge is 2.20. The van der Waals surface area contributed by atoms with E-state index in [0.29, 0.717) is 6.04 Å². The summed E-state index contributed by atoms with van der Waals surface area (Å²) in [4.78, 5) is 4.68. The maximum absolute atomic E-state index is 3.73. The summed E-state index contributed by atoms with van der Waals surface area (Å²) in [6.07, 6.45) is 6.30. The van der Waals surface area contributed by atoms with E-state index in [9.17, 15) is 0 Å². The van der Waals surface area contributed by atoms with E-state index >= 15 is 0 Å². The molecule has 1 atom stereocenters. The molecule has 0 bridgehead atoms. The molecule has 3 heteroatoms. The van der Waals surface area contributed by atoms with E-state index in [-0.39, 0.29) is 0 Å². The Morgan fingerprint density at radius 3 is 3.05 bits per heavy atom. The van der Waals surface area contributed by atoms with Crippen LogP contribution in [0.5, 0.6) is 0 Å². The van der Waals surface area contributed by atoms with Crippen LogP contribution >= 0.6 is 22.7 Å². The first-order valence-corrected chi connectivity index (χ1v) is 8.93. The summed E-state index contributed by atoms with van der Waals surface area (Å²) in [5.41, 5.74) is 1.62. The third-order valence-electron chi connectivity index (χ3n) is 3.74. The topological polar surface area (TPSA) is 12.0 Å². The van der Waals surface area contributed by atoms with Gasteiger partial charge in [-0.05, 0) is 55.3 Å². The Hall–Kier alpha value is -0.640. The normalized spacial score (nSPS) is 15.6. The molecule has 2 aromatic heterocycles. The molecule has 0 saturated heterocycles. The molecular formula is C16H21NS2. The van der Waals surface area contributed by atoms with Crippen LogP contribution in [-0.4, -0.2) is 6.54 Å². The Kier molecular flexibility index (Phi) is 4.36. The lowest BCUT2D eigenvalue weighted by atomic mass is 10.1. The van der Waals surface area contributed by atoms with Crippen LogP contribution in [0.4, 0.5) is 0 Å². The van der Waals surface area contributed by atoms with Gasteiger partial charge in [-0.15, -0.1) is 22.7 Å². The van der Waals surface area contributed by atoms with Crippen LogP contribution in [0.25, 0.3) is 0 Å². The minimum absolute atomic E-state index is 0.509. The van der Waals surface area contributed by atoms with E-state index in [4.69, 9.17) is 0 Å². The zero-order valence-corrected chi connectivity index (χ0v) is 13.1. The van der Waals surface area contributed by atoms with Crippen molar-refractivity contribution in [2.75, 3.05) is 6.54 Å². The van der Waals surface area contributed by atoms with Gasteiger partial charge in [-0.3, -0.25) is 0 Å². The maximum Gasteiger partial charge on any atom is 0.0463 e. The molecule has 0 fully saturated rings. The van der Waals surface area contributed by atoms with Crippen LogP contribution < -0.4 is 5.32 Å². The quantitative estimate of drug-likeness (QED) is 0.821.